The third kappa shape index (κ3) is 4.08. The topological polar surface area (TPSA) is 86.7 Å². The second kappa shape index (κ2) is 7.25. The fraction of sp³-hybridized carbons (Fsp3) is 0.471. The van der Waals surface area contributed by atoms with Crippen LogP contribution in [-0.2, 0) is 14.4 Å². The predicted octanol–water partition coefficient (Wildman–Crippen LogP) is 2.13. The molecule has 0 aromatic heterocycles. The highest BCUT2D eigenvalue weighted by molar-refractivity contribution is 8.00. The standard InChI is InChI=1S/C17H22N2O4S/c1-11(2)17(3,8-16(22)23)18-14(20)9-19-12-6-4-5-7-13(12)24-10-15(19)21/h4-7,11H,8-10H2,1-3H3,(H,18,20)(H,22,23). The zero-order valence-electron chi connectivity index (χ0n) is 14.0. The lowest BCUT2D eigenvalue weighted by atomic mass is 9.85. The van der Waals surface area contributed by atoms with E-state index in [1.165, 1.54) is 16.7 Å². The quantitative estimate of drug-likeness (QED) is 0.821. The van der Waals surface area contributed by atoms with E-state index < -0.39 is 11.5 Å². The first-order chi connectivity index (χ1) is 11.2. The van der Waals surface area contributed by atoms with E-state index in [1.807, 2.05) is 38.1 Å². The number of fused-ring (bicyclic) bond motifs is 1. The second-order valence-corrected chi connectivity index (χ2v) is 7.44. The van der Waals surface area contributed by atoms with E-state index in [0.29, 0.717) is 5.75 Å². The number of thioether (sulfide) groups is 1. The van der Waals surface area contributed by atoms with Gasteiger partial charge in [0.1, 0.15) is 6.54 Å². The summed E-state index contributed by atoms with van der Waals surface area (Å²) in [6.07, 6.45) is -0.170. The van der Waals surface area contributed by atoms with Crippen LogP contribution in [0, 0.1) is 5.92 Å². The fourth-order valence-corrected chi connectivity index (χ4v) is 3.47. The molecule has 6 nitrogen and oxygen atoms in total. The fourth-order valence-electron chi connectivity index (χ4n) is 2.54. The van der Waals surface area contributed by atoms with Crippen LogP contribution >= 0.6 is 11.8 Å². The molecular weight excluding hydrogens is 328 g/mol. The van der Waals surface area contributed by atoms with Gasteiger partial charge >= 0.3 is 5.97 Å². The molecule has 2 N–H and O–H groups in total. The van der Waals surface area contributed by atoms with Gasteiger partial charge in [-0.25, -0.2) is 0 Å². The second-order valence-electron chi connectivity index (χ2n) is 6.43. The summed E-state index contributed by atoms with van der Waals surface area (Å²) in [6.45, 7) is 5.33. The SMILES string of the molecule is CC(C)C(C)(CC(=O)O)NC(=O)CN1C(=O)CSc2ccccc21. The third-order valence-corrected chi connectivity index (χ3v) is 5.38. The molecule has 1 aromatic rings. The summed E-state index contributed by atoms with van der Waals surface area (Å²) in [6, 6.07) is 7.44. The lowest BCUT2D eigenvalue weighted by Gasteiger charge is -2.35. The number of carboxylic acids is 1. The van der Waals surface area contributed by atoms with Crippen molar-refractivity contribution in [3.8, 4) is 0 Å². The summed E-state index contributed by atoms with van der Waals surface area (Å²) in [5.41, 5.74) is -0.144. The maximum Gasteiger partial charge on any atom is 0.305 e. The van der Waals surface area contributed by atoms with Gasteiger partial charge in [0.2, 0.25) is 11.8 Å². The van der Waals surface area contributed by atoms with Crippen LogP contribution in [0.15, 0.2) is 29.2 Å². The maximum atomic E-state index is 12.5. The Balaban J connectivity index is 2.14. The van der Waals surface area contributed by atoms with E-state index >= 15 is 0 Å². The highest BCUT2D eigenvalue weighted by Crippen LogP contribution is 2.34. The number of aliphatic carboxylic acids is 1. The molecule has 0 spiro atoms. The molecule has 130 valence electrons. The Morgan fingerprint density at radius 3 is 2.67 bits per heavy atom. The summed E-state index contributed by atoms with van der Waals surface area (Å²) in [4.78, 5) is 38.2. The van der Waals surface area contributed by atoms with Gasteiger partial charge in [-0.05, 0) is 25.0 Å². The van der Waals surface area contributed by atoms with Crippen LogP contribution in [0.1, 0.15) is 27.2 Å². The van der Waals surface area contributed by atoms with Crippen molar-refractivity contribution in [3.05, 3.63) is 24.3 Å². The molecule has 0 fully saturated rings. The molecule has 1 heterocycles. The van der Waals surface area contributed by atoms with Gasteiger partial charge in [0.05, 0.1) is 23.4 Å². The molecule has 2 rings (SSSR count). The van der Waals surface area contributed by atoms with Crippen LogP contribution in [0.5, 0.6) is 0 Å². The zero-order chi connectivity index (χ0) is 17.9. The monoisotopic (exact) mass is 350 g/mol. The summed E-state index contributed by atoms with van der Waals surface area (Å²) in [5.74, 6) is -1.22. The van der Waals surface area contributed by atoms with E-state index in [4.69, 9.17) is 5.11 Å². The van der Waals surface area contributed by atoms with Gasteiger partial charge in [-0.2, -0.15) is 0 Å². The smallest absolute Gasteiger partial charge is 0.305 e. The molecular formula is C17H22N2O4S. The summed E-state index contributed by atoms with van der Waals surface area (Å²) in [7, 11) is 0. The lowest BCUT2D eigenvalue weighted by Crippen LogP contribution is -2.54. The largest absolute Gasteiger partial charge is 0.481 e. The van der Waals surface area contributed by atoms with Crippen molar-refractivity contribution < 1.29 is 19.5 Å². The van der Waals surface area contributed by atoms with E-state index in [9.17, 15) is 14.4 Å². The number of carbonyl (C=O) groups excluding carboxylic acids is 2. The average molecular weight is 350 g/mol. The molecule has 0 radical (unpaired) electrons. The van der Waals surface area contributed by atoms with E-state index in [2.05, 4.69) is 5.32 Å². The number of rotatable bonds is 6. The van der Waals surface area contributed by atoms with E-state index in [0.717, 1.165) is 10.6 Å². The number of benzene rings is 1. The Bertz CT molecular complexity index is 662. The highest BCUT2D eigenvalue weighted by Gasteiger charge is 2.34. The Kier molecular flexibility index (Phi) is 5.54. The molecule has 0 saturated carbocycles. The van der Waals surface area contributed by atoms with Crippen molar-refractivity contribution in [1.29, 1.82) is 0 Å². The first-order valence-electron chi connectivity index (χ1n) is 7.78. The minimum Gasteiger partial charge on any atom is -0.481 e. The van der Waals surface area contributed by atoms with Crippen LogP contribution < -0.4 is 10.2 Å². The first kappa shape index (κ1) is 18.3. The zero-order valence-corrected chi connectivity index (χ0v) is 14.9. The number of carboxylic acid groups (broad SMARTS) is 1. The number of anilines is 1. The molecule has 7 heteroatoms. The van der Waals surface area contributed by atoms with Gasteiger partial charge in [-0.1, -0.05) is 26.0 Å². The number of nitrogens with one attached hydrogen (secondary N) is 1. The molecule has 0 bridgehead atoms. The van der Waals surface area contributed by atoms with Crippen LogP contribution in [0.4, 0.5) is 5.69 Å². The Morgan fingerprint density at radius 1 is 1.38 bits per heavy atom. The van der Waals surface area contributed by atoms with Crippen LogP contribution in [0.2, 0.25) is 0 Å². The molecule has 1 aliphatic rings. The Labute approximate surface area is 145 Å². The first-order valence-corrected chi connectivity index (χ1v) is 8.76. The van der Waals surface area contributed by atoms with Crippen LogP contribution in [0.3, 0.4) is 0 Å². The minimum absolute atomic E-state index is 0.0579. The van der Waals surface area contributed by atoms with Crippen molar-refractivity contribution in [2.75, 3.05) is 17.2 Å². The number of amides is 2. The molecule has 24 heavy (non-hydrogen) atoms. The number of hydrogen-bond donors (Lipinski definition) is 2. The molecule has 1 atom stereocenters. The number of nitrogens with zero attached hydrogens (tertiary/aromatic N) is 1. The van der Waals surface area contributed by atoms with Gasteiger partial charge in [0, 0.05) is 4.90 Å². The van der Waals surface area contributed by atoms with Gasteiger partial charge in [-0.15, -0.1) is 11.8 Å². The minimum atomic E-state index is -0.970. The van der Waals surface area contributed by atoms with Crippen LogP contribution in [-0.4, -0.2) is 40.7 Å². The molecule has 1 unspecified atom stereocenters. The van der Waals surface area contributed by atoms with Gasteiger partial charge in [0.25, 0.3) is 0 Å². The highest BCUT2D eigenvalue weighted by atomic mass is 32.2. The van der Waals surface area contributed by atoms with E-state index in [1.54, 1.807) is 6.92 Å². The Hall–Kier alpha value is -2.02. The third-order valence-electron chi connectivity index (χ3n) is 4.33. The molecule has 1 aromatic carbocycles. The van der Waals surface area contributed by atoms with Gasteiger partial charge in [-0.3, -0.25) is 14.4 Å². The summed E-state index contributed by atoms with van der Waals surface area (Å²) in [5, 5.41) is 11.9. The van der Waals surface area contributed by atoms with Crippen molar-refractivity contribution >= 4 is 35.2 Å². The van der Waals surface area contributed by atoms with Gasteiger partial charge < -0.3 is 15.3 Å². The number of carbonyl (C=O) groups is 3. The van der Waals surface area contributed by atoms with Crippen LogP contribution in [0.25, 0.3) is 0 Å². The van der Waals surface area contributed by atoms with Crippen molar-refractivity contribution in [3.63, 3.8) is 0 Å². The molecule has 0 saturated heterocycles. The average Bonchev–Trinajstić information content (AvgIpc) is 2.49. The number of hydrogen-bond acceptors (Lipinski definition) is 4. The molecule has 0 aliphatic carbocycles. The van der Waals surface area contributed by atoms with E-state index in [-0.39, 0.29) is 30.7 Å². The summed E-state index contributed by atoms with van der Waals surface area (Å²) < 4.78 is 0. The van der Waals surface area contributed by atoms with Gasteiger partial charge in [0.15, 0.2) is 0 Å². The normalized spacial score (nSPS) is 16.5. The predicted molar refractivity (Wildman–Crippen MR) is 93.2 cm³/mol. The molecule has 1 aliphatic heterocycles. The van der Waals surface area contributed by atoms with Crippen molar-refractivity contribution in [1.82, 2.24) is 5.32 Å². The van der Waals surface area contributed by atoms with Crippen molar-refractivity contribution in [2.45, 2.75) is 37.6 Å². The molecule has 2 amide bonds. The van der Waals surface area contributed by atoms with Crippen molar-refractivity contribution in [2.24, 2.45) is 5.92 Å². The Morgan fingerprint density at radius 2 is 2.04 bits per heavy atom. The maximum absolute atomic E-state index is 12.5. The number of para-hydroxylation sites is 1. The lowest BCUT2D eigenvalue weighted by molar-refractivity contribution is -0.139. The summed E-state index contributed by atoms with van der Waals surface area (Å²) >= 11 is 1.45.